The second-order valence-electron chi connectivity index (χ2n) is 7.02. The molecule has 4 nitrogen and oxygen atoms in total. The third kappa shape index (κ3) is 3.49. The fourth-order valence-electron chi connectivity index (χ4n) is 3.55. The van der Waals surface area contributed by atoms with Crippen LogP contribution in [0.3, 0.4) is 0 Å². The van der Waals surface area contributed by atoms with E-state index >= 15 is 0 Å². The van der Waals surface area contributed by atoms with Crippen molar-refractivity contribution < 1.29 is 4.79 Å². The van der Waals surface area contributed by atoms with E-state index < -0.39 is 0 Å². The molecule has 0 aliphatic heterocycles. The summed E-state index contributed by atoms with van der Waals surface area (Å²) in [5.74, 6) is -0.0348. The Balaban J connectivity index is 1.47. The monoisotopic (exact) mass is 365 g/mol. The Morgan fingerprint density at radius 2 is 2.00 bits per heavy atom. The molecule has 134 valence electrons. The number of hydrogen-bond donors (Lipinski definition) is 1. The Morgan fingerprint density at radius 3 is 2.85 bits per heavy atom. The van der Waals surface area contributed by atoms with Crippen LogP contribution in [0.25, 0.3) is 10.9 Å². The maximum Gasteiger partial charge on any atom is 0.252 e. The van der Waals surface area contributed by atoms with Gasteiger partial charge < -0.3 is 5.32 Å². The molecule has 4 rings (SSSR count). The third-order valence-electron chi connectivity index (χ3n) is 4.85. The Bertz CT molecular complexity index is 953. The molecule has 2 aromatic heterocycles. The van der Waals surface area contributed by atoms with Crippen molar-refractivity contribution in [1.29, 1.82) is 0 Å². The summed E-state index contributed by atoms with van der Waals surface area (Å²) in [5, 5.41) is 5.12. The Labute approximate surface area is 157 Å². The van der Waals surface area contributed by atoms with Crippen LogP contribution in [0.1, 0.15) is 50.0 Å². The number of benzene rings is 1. The number of amides is 1. The van der Waals surface area contributed by atoms with Gasteiger partial charge in [0.1, 0.15) is 0 Å². The van der Waals surface area contributed by atoms with Crippen LogP contribution in [0, 0.1) is 13.8 Å². The fraction of sp³-hybridized carbons (Fsp3) is 0.381. The number of aromatic nitrogens is 2. The van der Waals surface area contributed by atoms with Crippen LogP contribution in [0.2, 0.25) is 0 Å². The van der Waals surface area contributed by atoms with Crippen molar-refractivity contribution in [2.75, 3.05) is 6.54 Å². The second kappa shape index (κ2) is 7.16. The molecule has 0 unspecified atom stereocenters. The summed E-state index contributed by atoms with van der Waals surface area (Å²) in [6.07, 6.45) is 5.60. The maximum absolute atomic E-state index is 12.8. The Morgan fingerprint density at radius 1 is 1.15 bits per heavy atom. The molecule has 0 spiro atoms. The van der Waals surface area contributed by atoms with Gasteiger partial charge in [-0.15, -0.1) is 11.3 Å². The molecular weight excluding hydrogens is 342 g/mol. The van der Waals surface area contributed by atoms with Crippen molar-refractivity contribution >= 4 is 28.1 Å². The fourth-order valence-corrected chi connectivity index (χ4v) is 4.71. The molecule has 3 aromatic rings. The number of pyridine rings is 1. The van der Waals surface area contributed by atoms with Gasteiger partial charge in [-0.05, 0) is 57.7 Å². The molecule has 1 aromatic carbocycles. The molecule has 1 aliphatic rings. The number of nitrogens with one attached hydrogen (secondary N) is 1. The van der Waals surface area contributed by atoms with E-state index in [9.17, 15) is 4.79 Å². The molecule has 1 aliphatic carbocycles. The SMILES string of the molecule is Cc1ccc2nc(C)cc(C(=O)NCCc3nc4c(s3)CCCC4)c2c1. The quantitative estimate of drug-likeness (QED) is 0.755. The van der Waals surface area contributed by atoms with Crippen molar-refractivity contribution in [3.05, 3.63) is 56.7 Å². The highest BCUT2D eigenvalue weighted by Crippen LogP contribution is 2.26. The normalized spacial score (nSPS) is 13.6. The van der Waals surface area contributed by atoms with Gasteiger partial charge in [-0.2, -0.15) is 0 Å². The second-order valence-corrected chi connectivity index (χ2v) is 8.19. The molecule has 0 saturated carbocycles. The Kier molecular flexibility index (Phi) is 4.72. The number of carbonyl (C=O) groups excluding carboxylic acids is 1. The third-order valence-corrected chi connectivity index (χ3v) is 6.07. The van der Waals surface area contributed by atoms with E-state index in [1.165, 1.54) is 29.8 Å². The van der Waals surface area contributed by atoms with Crippen molar-refractivity contribution in [3.63, 3.8) is 0 Å². The zero-order valence-electron chi connectivity index (χ0n) is 15.3. The molecule has 2 heterocycles. The topological polar surface area (TPSA) is 54.9 Å². The molecule has 26 heavy (non-hydrogen) atoms. The standard InChI is InChI=1S/C21H23N3OS/c1-13-7-8-17-15(11-13)16(12-14(2)23-17)21(25)22-10-9-20-24-18-5-3-4-6-19(18)26-20/h7-8,11-12H,3-6,9-10H2,1-2H3,(H,22,25). The highest BCUT2D eigenvalue weighted by Gasteiger charge is 2.16. The van der Waals surface area contributed by atoms with Gasteiger partial charge in [-0.25, -0.2) is 4.98 Å². The van der Waals surface area contributed by atoms with E-state index in [4.69, 9.17) is 4.98 Å². The van der Waals surface area contributed by atoms with Crippen molar-refractivity contribution in [2.45, 2.75) is 46.0 Å². The first kappa shape index (κ1) is 17.2. The minimum atomic E-state index is -0.0348. The Hall–Kier alpha value is -2.27. The average Bonchev–Trinajstić information content (AvgIpc) is 3.04. The summed E-state index contributed by atoms with van der Waals surface area (Å²) in [6.45, 7) is 4.57. The maximum atomic E-state index is 12.8. The van der Waals surface area contributed by atoms with E-state index in [-0.39, 0.29) is 5.91 Å². The van der Waals surface area contributed by atoms with Gasteiger partial charge in [-0.3, -0.25) is 9.78 Å². The van der Waals surface area contributed by atoms with Crippen LogP contribution < -0.4 is 5.32 Å². The first-order valence-electron chi connectivity index (χ1n) is 9.24. The number of hydrogen-bond acceptors (Lipinski definition) is 4. The summed E-state index contributed by atoms with van der Waals surface area (Å²) in [4.78, 5) is 23.5. The summed E-state index contributed by atoms with van der Waals surface area (Å²) >= 11 is 1.82. The molecule has 0 radical (unpaired) electrons. The zero-order chi connectivity index (χ0) is 18.1. The molecule has 5 heteroatoms. The van der Waals surface area contributed by atoms with Gasteiger partial charge in [0, 0.05) is 28.9 Å². The lowest BCUT2D eigenvalue weighted by Crippen LogP contribution is -2.26. The molecule has 0 fully saturated rings. The predicted octanol–water partition coefficient (Wildman–Crippen LogP) is 4.16. The number of fused-ring (bicyclic) bond motifs is 2. The zero-order valence-corrected chi connectivity index (χ0v) is 16.1. The first-order chi connectivity index (χ1) is 12.6. The number of rotatable bonds is 4. The van der Waals surface area contributed by atoms with E-state index in [1.807, 2.05) is 49.4 Å². The molecule has 0 atom stereocenters. The van der Waals surface area contributed by atoms with Crippen LogP contribution in [-0.4, -0.2) is 22.4 Å². The summed E-state index contributed by atoms with van der Waals surface area (Å²) in [5.41, 5.74) is 4.85. The molecular formula is C21H23N3OS. The summed E-state index contributed by atoms with van der Waals surface area (Å²) < 4.78 is 0. The van der Waals surface area contributed by atoms with Crippen molar-refractivity contribution in [1.82, 2.24) is 15.3 Å². The lowest BCUT2D eigenvalue weighted by atomic mass is 10.0. The van der Waals surface area contributed by atoms with Crippen molar-refractivity contribution in [3.8, 4) is 0 Å². The van der Waals surface area contributed by atoms with E-state index in [1.54, 1.807) is 0 Å². The lowest BCUT2D eigenvalue weighted by Gasteiger charge is -2.09. The highest BCUT2D eigenvalue weighted by atomic mass is 32.1. The van der Waals surface area contributed by atoms with Crippen molar-refractivity contribution in [2.24, 2.45) is 0 Å². The summed E-state index contributed by atoms with van der Waals surface area (Å²) in [7, 11) is 0. The smallest absolute Gasteiger partial charge is 0.252 e. The number of nitrogens with zero attached hydrogens (tertiary/aromatic N) is 2. The predicted molar refractivity (Wildman–Crippen MR) is 106 cm³/mol. The van der Waals surface area contributed by atoms with Crippen LogP contribution in [0.4, 0.5) is 0 Å². The minimum absolute atomic E-state index is 0.0348. The highest BCUT2D eigenvalue weighted by molar-refractivity contribution is 7.11. The lowest BCUT2D eigenvalue weighted by molar-refractivity contribution is 0.0955. The van der Waals surface area contributed by atoms with Crippen LogP contribution in [0.15, 0.2) is 24.3 Å². The van der Waals surface area contributed by atoms with Crippen LogP contribution in [-0.2, 0) is 19.3 Å². The molecule has 1 amide bonds. The molecule has 0 bridgehead atoms. The van der Waals surface area contributed by atoms with E-state index in [0.717, 1.165) is 40.0 Å². The van der Waals surface area contributed by atoms with Crippen LogP contribution in [0.5, 0.6) is 0 Å². The van der Waals surface area contributed by atoms with E-state index in [2.05, 4.69) is 10.3 Å². The largest absolute Gasteiger partial charge is 0.352 e. The van der Waals surface area contributed by atoms with Gasteiger partial charge in [0.2, 0.25) is 0 Å². The van der Waals surface area contributed by atoms with Gasteiger partial charge in [-0.1, -0.05) is 11.6 Å². The molecule has 0 saturated heterocycles. The van der Waals surface area contributed by atoms with Gasteiger partial charge in [0.05, 0.1) is 21.8 Å². The van der Waals surface area contributed by atoms with Gasteiger partial charge in [0.15, 0.2) is 0 Å². The first-order valence-corrected chi connectivity index (χ1v) is 10.1. The number of thiazole rings is 1. The van der Waals surface area contributed by atoms with Gasteiger partial charge in [0.25, 0.3) is 5.91 Å². The van der Waals surface area contributed by atoms with Crippen LogP contribution >= 0.6 is 11.3 Å². The summed E-state index contributed by atoms with van der Waals surface area (Å²) in [6, 6.07) is 7.92. The minimum Gasteiger partial charge on any atom is -0.352 e. The number of aryl methyl sites for hydroxylation is 4. The number of carbonyl (C=O) groups is 1. The average molecular weight is 366 g/mol. The molecule has 1 N–H and O–H groups in total. The van der Waals surface area contributed by atoms with Gasteiger partial charge >= 0.3 is 0 Å². The van der Waals surface area contributed by atoms with E-state index in [0.29, 0.717) is 12.1 Å².